The molecule has 0 aromatic heterocycles. The second-order valence-corrected chi connectivity index (χ2v) is 6.19. The van der Waals surface area contributed by atoms with E-state index in [1.54, 1.807) is 18.2 Å². The molecule has 0 spiro atoms. The topological polar surface area (TPSA) is 82.4 Å². The van der Waals surface area contributed by atoms with E-state index in [1.165, 1.54) is 6.08 Å². The Kier molecular flexibility index (Phi) is 8.20. The molecular formula is C20H25N3O3. The third-order valence-electron chi connectivity index (χ3n) is 4.19. The van der Waals surface area contributed by atoms with Gasteiger partial charge in [0.25, 0.3) is 0 Å². The van der Waals surface area contributed by atoms with Gasteiger partial charge in [0.2, 0.25) is 11.8 Å². The number of carbonyl (C=O) groups excluding carboxylic acids is 2. The number of ether oxygens (including phenoxy) is 1. The second-order valence-electron chi connectivity index (χ2n) is 6.19. The number of hydrogen-bond donors (Lipinski definition) is 1. The molecule has 1 aromatic carbocycles. The zero-order chi connectivity index (χ0) is 18.6. The quantitative estimate of drug-likeness (QED) is 0.574. The van der Waals surface area contributed by atoms with Crippen LogP contribution in [-0.2, 0) is 9.59 Å². The Hall–Kier alpha value is -2.81. The first-order chi connectivity index (χ1) is 12.7. The maximum absolute atomic E-state index is 11.9. The van der Waals surface area contributed by atoms with Crippen LogP contribution in [0.1, 0.15) is 37.7 Å². The molecule has 1 N–H and O–H groups in total. The van der Waals surface area contributed by atoms with Crippen LogP contribution >= 0.6 is 0 Å². The highest BCUT2D eigenvalue weighted by molar-refractivity contribution is 5.91. The zero-order valence-corrected chi connectivity index (χ0v) is 14.9. The molecule has 0 unspecified atom stereocenters. The minimum absolute atomic E-state index is 0.0145. The van der Waals surface area contributed by atoms with E-state index in [9.17, 15) is 9.59 Å². The molecule has 1 aliphatic heterocycles. The van der Waals surface area contributed by atoms with E-state index >= 15 is 0 Å². The lowest BCUT2D eigenvalue weighted by Crippen LogP contribution is -2.33. The monoisotopic (exact) mass is 355 g/mol. The summed E-state index contributed by atoms with van der Waals surface area (Å²) < 4.78 is 5.17. The third kappa shape index (κ3) is 6.98. The molecule has 0 radical (unpaired) electrons. The van der Waals surface area contributed by atoms with Gasteiger partial charge in [0.15, 0.2) is 6.61 Å². The predicted molar refractivity (Wildman–Crippen MR) is 99.3 cm³/mol. The van der Waals surface area contributed by atoms with Gasteiger partial charge in [-0.3, -0.25) is 9.59 Å². The third-order valence-corrected chi connectivity index (χ3v) is 4.19. The SMILES string of the molecule is N#CCOc1ccc(/C=C/C(=O)NCCCN2CCCCCC2=O)cc1. The van der Waals surface area contributed by atoms with Crippen molar-refractivity contribution in [1.29, 1.82) is 5.26 Å². The van der Waals surface area contributed by atoms with E-state index in [1.807, 2.05) is 23.1 Å². The van der Waals surface area contributed by atoms with Crippen LogP contribution in [-0.4, -0.2) is 43.0 Å². The van der Waals surface area contributed by atoms with Crippen LogP contribution < -0.4 is 10.1 Å². The van der Waals surface area contributed by atoms with E-state index in [0.29, 0.717) is 25.3 Å². The molecule has 1 aromatic rings. The van der Waals surface area contributed by atoms with Crippen LogP contribution in [0.25, 0.3) is 6.08 Å². The van der Waals surface area contributed by atoms with Gasteiger partial charge in [-0.25, -0.2) is 0 Å². The fraction of sp³-hybridized carbons (Fsp3) is 0.450. The Morgan fingerprint density at radius 2 is 2.08 bits per heavy atom. The van der Waals surface area contributed by atoms with Crippen LogP contribution in [0.3, 0.4) is 0 Å². The number of nitrogens with zero attached hydrogens (tertiary/aromatic N) is 2. The van der Waals surface area contributed by atoms with Gasteiger partial charge in [-0.1, -0.05) is 18.6 Å². The van der Waals surface area contributed by atoms with E-state index in [2.05, 4.69) is 5.32 Å². The summed E-state index contributed by atoms with van der Waals surface area (Å²) in [5.74, 6) is 0.698. The fourth-order valence-electron chi connectivity index (χ4n) is 2.78. The van der Waals surface area contributed by atoms with Crippen LogP contribution in [0.15, 0.2) is 30.3 Å². The number of likely N-dealkylation sites (tertiary alicyclic amines) is 1. The molecule has 138 valence electrons. The highest BCUT2D eigenvalue weighted by atomic mass is 16.5. The van der Waals surface area contributed by atoms with Crippen LogP contribution in [0, 0.1) is 11.3 Å². The average Bonchev–Trinajstić information content (AvgIpc) is 2.87. The molecule has 2 amide bonds. The number of rotatable bonds is 8. The number of nitrogens with one attached hydrogen (secondary N) is 1. The Morgan fingerprint density at radius 3 is 2.85 bits per heavy atom. The Balaban J connectivity index is 1.67. The summed E-state index contributed by atoms with van der Waals surface area (Å²) >= 11 is 0. The molecule has 0 atom stereocenters. The predicted octanol–water partition coefficient (Wildman–Crippen LogP) is 2.51. The maximum Gasteiger partial charge on any atom is 0.244 e. The van der Waals surface area contributed by atoms with Gasteiger partial charge in [0.05, 0.1) is 0 Å². The van der Waals surface area contributed by atoms with E-state index in [-0.39, 0.29) is 18.4 Å². The van der Waals surface area contributed by atoms with Gasteiger partial charge in [-0.2, -0.15) is 5.26 Å². The van der Waals surface area contributed by atoms with Crippen molar-refractivity contribution in [3.63, 3.8) is 0 Å². The van der Waals surface area contributed by atoms with Gasteiger partial charge in [0, 0.05) is 32.1 Å². The van der Waals surface area contributed by atoms with Crippen LogP contribution in [0.4, 0.5) is 0 Å². The molecule has 1 fully saturated rings. The van der Waals surface area contributed by atoms with Crippen molar-refractivity contribution >= 4 is 17.9 Å². The number of benzene rings is 1. The molecule has 2 rings (SSSR count). The van der Waals surface area contributed by atoms with Gasteiger partial charge in [-0.15, -0.1) is 0 Å². The molecule has 0 bridgehead atoms. The molecule has 0 saturated carbocycles. The van der Waals surface area contributed by atoms with Crippen LogP contribution in [0.5, 0.6) is 5.75 Å². The number of carbonyl (C=O) groups is 2. The first-order valence-corrected chi connectivity index (χ1v) is 9.02. The highest BCUT2D eigenvalue weighted by Crippen LogP contribution is 2.13. The summed E-state index contributed by atoms with van der Waals surface area (Å²) in [7, 11) is 0. The van der Waals surface area contributed by atoms with Gasteiger partial charge in [0.1, 0.15) is 11.8 Å². The van der Waals surface area contributed by atoms with Gasteiger partial charge in [-0.05, 0) is 43.0 Å². The van der Waals surface area contributed by atoms with Gasteiger partial charge < -0.3 is 15.0 Å². The van der Waals surface area contributed by atoms with E-state index in [0.717, 1.165) is 37.8 Å². The molecule has 1 aliphatic rings. The lowest BCUT2D eigenvalue weighted by molar-refractivity contribution is -0.130. The second kappa shape index (κ2) is 10.9. The summed E-state index contributed by atoms with van der Waals surface area (Å²) in [5.41, 5.74) is 0.875. The normalized spacial score (nSPS) is 14.7. The van der Waals surface area contributed by atoms with E-state index < -0.39 is 0 Å². The maximum atomic E-state index is 11.9. The van der Waals surface area contributed by atoms with Crippen molar-refractivity contribution in [3.8, 4) is 11.8 Å². The molecular weight excluding hydrogens is 330 g/mol. The molecule has 6 nitrogen and oxygen atoms in total. The number of nitriles is 1. The first-order valence-electron chi connectivity index (χ1n) is 9.02. The zero-order valence-electron chi connectivity index (χ0n) is 14.9. The molecule has 1 saturated heterocycles. The first kappa shape index (κ1) is 19.5. The number of hydrogen-bond acceptors (Lipinski definition) is 4. The van der Waals surface area contributed by atoms with Crippen molar-refractivity contribution in [2.75, 3.05) is 26.2 Å². The lowest BCUT2D eigenvalue weighted by atomic mass is 10.2. The minimum Gasteiger partial charge on any atom is -0.479 e. The molecule has 1 heterocycles. The summed E-state index contributed by atoms with van der Waals surface area (Å²) in [6, 6.07) is 9.07. The highest BCUT2D eigenvalue weighted by Gasteiger charge is 2.15. The summed E-state index contributed by atoms with van der Waals surface area (Å²) in [6.45, 7) is 2.10. The van der Waals surface area contributed by atoms with Crippen molar-refractivity contribution in [2.45, 2.75) is 32.1 Å². The summed E-state index contributed by atoms with van der Waals surface area (Å²) in [4.78, 5) is 25.7. The Labute approximate surface area is 154 Å². The smallest absolute Gasteiger partial charge is 0.244 e. The Bertz CT molecular complexity index is 662. The molecule has 26 heavy (non-hydrogen) atoms. The van der Waals surface area contributed by atoms with Crippen molar-refractivity contribution in [3.05, 3.63) is 35.9 Å². The molecule has 0 aliphatic carbocycles. The summed E-state index contributed by atoms with van der Waals surface area (Å²) in [6.07, 6.45) is 7.80. The standard InChI is InChI=1S/C20H25N3O3/c21-12-16-26-18-9-6-17(7-10-18)8-11-19(24)22-13-4-15-23-14-3-1-2-5-20(23)25/h6-11H,1-5,13-16H2,(H,22,24)/b11-8+. The Morgan fingerprint density at radius 1 is 1.27 bits per heavy atom. The minimum atomic E-state index is -0.156. The van der Waals surface area contributed by atoms with Crippen molar-refractivity contribution in [2.24, 2.45) is 0 Å². The summed E-state index contributed by atoms with van der Waals surface area (Å²) in [5, 5.41) is 11.3. The van der Waals surface area contributed by atoms with Crippen molar-refractivity contribution in [1.82, 2.24) is 10.2 Å². The van der Waals surface area contributed by atoms with Gasteiger partial charge >= 0.3 is 0 Å². The van der Waals surface area contributed by atoms with Crippen molar-refractivity contribution < 1.29 is 14.3 Å². The average molecular weight is 355 g/mol. The van der Waals surface area contributed by atoms with Crippen LogP contribution in [0.2, 0.25) is 0 Å². The molecule has 6 heteroatoms. The fourth-order valence-corrected chi connectivity index (χ4v) is 2.78. The lowest BCUT2D eigenvalue weighted by Gasteiger charge is -2.20. The largest absolute Gasteiger partial charge is 0.479 e. The number of amides is 2. The van der Waals surface area contributed by atoms with E-state index in [4.69, 9.17) is 10.00 Å².